The quantitative estimate of drug-likeness (QED) is 0.754. The van der Waals surface area contributed by atoms with Crippen LogP contribution < -0.4 is 0 Å². The molecule has 3 rings (SSSR count). The summed E-state index contributed by atoms with van der Waals surface area (Å²) < 4.78 is 0. The Hall–Kier alpha value is -1.47. The standard InChI is InChI=1S/C21H34N4O2S/c1-21(2,3)20-22-17(16-28-20)15-23-9-6-12-25(14-13-23)19(27)8-7-18(26)24-10-4-5-11-24/h16H,4-15H2,1-3H3. The van der Waals surface area contributed by atoms with E-state index in [0.717, 1.165) is 70.8 Å². The van der Waals surface area contributed by atoms with E-state index in [-0.39, 0.29) is 17.2 Å². The second-order valence-electron chi connectivity index (χ2n) is 8.99. The van der Waals surface area contributed by atoms with Gasteiger partial charge in [-0.05, 0) is 19.3 Å². The molecule has 2 saturated heterocycles. The Morgan fingerprint density at radius 1 is 0.929 bits per heavy atom. The number of amides is 2. The molecule has 0 unspecified atom stereocenters. The van der Waals surface area contributed by atoms with Crippen LogP contribution in [0.1, 0.15) is 63.6 Å². The monoisotopic (exact) mass is 406 g/mol. The highest BCUT2D eigenvalue weighted by molar-refractivity contribution is 7.09. The highest BCUT2D eigenvalue weighted by Crippen LogP contribution is 2.26. The predicted octanol–water partition coefficient (Wildman–Crippen LogP) is 2.88. The molecule has 0 atom stereocenters. The fraction of sp³-hybridized carbons (Fsp3) is 0.762. The molecule has 0 bridgehead atoms. The summed E-state index contributed by atoms with van der Waals surface area (Å²) in [5, 5.41) is 3.34. The SMILES string of the molecule is CC(C)(C)c1nc(CN2CCCN(C(=O)CCC(=O)N3CCCC3)CC2)cs1. The Balaban J connectivity index is 1.44. The number of likely N-dealkylation sites (tertiary alicyclic amines) is 1. The fourth-order valence-corrected chi connectivity index (χ4v) is 4.73. The lowest BCUT2D eigenvalue weighted by Gasteiger charge is -2.22. The number of thiazole rings is 1. The van der Waals surface area contributed by atoms with E-state index in [2.05, 4.69) is 31.1 Å². The van der Waals surface area contributed by atoms with Crippen molar-refractivity contribution in [3.8, 4) is 0 Å². The number of hydrogen-bond acceptors (Lipinski definition) is 5. The molecular weight excluding hydrogens is 372 g/mol. The third kappa shape index (κ3) is 5.77. The zero-order chi connectivity index (χ0) is 20.1. The lowest BCUT2D eigenvalue weighted by Crippen LogP contribution is -2.36. The maximum atomic E-state index is 12.6. The van der Waals surface area contributed by atoms with Crippen molar-refractivity contribution in [2.45, 2.75) is 64.8 Å². The van der Waals surface area contributed by atoms with Gasteiger partial charge in [0.15, 0.2) is 0 Å². The predicted molar refractivity (Wildman–Crippen MR) is 112 cm³/mol. The summed E-state index contributed by atoms with van der Waals surface area (Å²) in [7, 11) is 0. The van der Waals surface area contributed by atoms with Crippen LogP contribution in [0, 0.1) is 0 Å². The molecule has 2 aliphatic rings. The molecule has 2 amide bonds. The average molecular weight is 407 g/mol. The molecule has 0 aliphatic carbocycles. The number of hydrogen-bond donors (Lipinski definition) is 0. The first-order valence-corrected chi connectivity index (χ1v) is 11.4. The van der Waals surface area contributed by atoms with E-state index in [0.29, 0.717) is 12.8 Å². The van der Waals surface area contributed by atoms with E-state index in [9.17, 15) is 9.59 Å². The van der Waals surface area contributed by atoms with Crippen molar-refractivity contribution in [2.24, 2.45) is 0 Å². The Bertz CT molecular complexity index is 676. The first kappa shape index (κ1) is 21.2. The van der Waals surface area contributed by atoms with Gasteiger partial charge in [0.2, 0.25) is 11.8 Å². The summed E-state index contributed by atoms with van der Waals surface area (Å²) in [5.74, 6) is 0.263. The Morgan fingerprint density at radius 3 is 2.14 bits per heavy atom. The Morgan fingerprint density at radius 2 is 1.54 bits per heavy atom. The van der Waals surface area contributed by atoms with Crippen molar-refractivity contribution in [1.82, 2.24) is 19.7 Å². The topological polar surface area (TPSA) is 56.8 Å². The van der Waals surface area contributed by atoms with Crippen LogP contribution in [0.2, 0.25) is 0 Å². The fourth-order valence-electron chi connectivity index (χ4n) is 3.83. The lowest BCUT2D eigenvalue weighted by molar-refractivity contribution is -0.136. The lowest BCUT2D eigenvalue weighted by atomic mass is 9.98. The minimum absolute atomic E-state index is 0.0947. The maximum absolute atomic E-state index is 12.6. The molecule has 0 saturated carbocycles. The van der Waals surface area contributed by atoms with Crippen LogP contribution in [-0.4, -0.2) is 70.8 Å². The van der Waals surface area contributed by atoms with Crippen LogP contribution in [0.25, 0.3) is 0 Å². The molecule has 0 N–H and O–H groups in total. The number of carbonyl (C=O) groups is 2. The third-order valence-electron chi connectivity index (χ3n) is 5.53. The van der Waals surface area contributed by atoms with Crippen LogP contribution in [-0.2, 0) is 21.5 Å². The van der Waals surface area contributed by atoms with Crippen LogP contribution in [0.3, 0.4) is 0 Å². The molecular formula is C21H34N4O2S. The molecule has 6 nitrogen and oxygen atoms in total. The van der Waals surface area contributed by atoms with E-state index >= 15 is 0 Å². The normalized spacial score (nSPS) is 19.1. The molecule has 2 aliphatic heterocycles. The highest BCUT2D eigenvalue weighted by Gasteiger charge is 2.23. The smallest absolute Gasteiger partial charge is 0.223 e. The van der Waals surface area contributed by atoms with Gasteiger partial charge in [-0.3, -0.25) is 14.5 Å². The zero-order valence-electron chi connectivity index (χ0n) is 17.6. The van der Waals surface area contributed by atoms with Gasteiger partial charge in [0, 0.05) is 69.4 Å². The van der Waals surface area contributed by atoms with E-state index < -0.39 is 0 Å². The van der Waals surface area contributed by atoms with Crippen LogP contribution in [0.4, 0.5) is 0 Å². The first-order valence-electron chi connectivity index (χ1n) is 10.6. The van der Waals surface area contributed by atoms with Gasteiger partial charge in [0.1, 0.15) is 0 Å². The molecule has 156 valence electrons. The van der Waals surface area contributed by atoms with E-state index in [1.165, 1.54) is 5.01 Å². The Kier molecular flexibility index (Phi) is 7.10. The largest absolute Gasteiger partial charge is 0.343 e. The number of aromatic nitrogens is 1. The zero-order valence-corrected chi connectivity index (χ0v) is 18.4. The van der Waals surface area contributed by atoms with Gasteiger partial charge in [-0.2, -0.15) is 0 Å². The van der Waals surface area contributed by atoms with Gasteiger partial charge in [-0.25, -0.2) is 4.98 Å². The summed E-state index contributed by atoms with van der Waals surface area (Å²) >= 11 is 1.74. The van der Waals surface area contributed by atoms with Gasteiger partial charge in [0.05, 0.1) is 10.7 Å². The minimum atomic E-state index is 0.0947. The van der Waals surface area contributed by atoms with Crippen molar-refractivity contribution < 1.29 is 9.59 Å². The first-order chi connectivity index (χ1) is 13.3. The minimum Gasteiger partial charge on any atom is -0.343 e. The van der Waals surface area contributed by atoms with Crippen LogP contribution >= 0.6 is 11.3 Å². The highest BCUT2D eigenvalue weighted by atomic mass is 32.1. The molecule has 2 fully saturated rings. The van der Waals surface area contributed by atoms with Crippen molar-refractivity contribution in [1.29, 1.82) is 0 Å². The van der Waals surface area contributed by atoms with Gasteiger partial charge in [0.25, 0.3) is 0 Å². The molecule has 3 heterocycles. The third-order valence-corrected chi connectivity index (χ3v) is 6.85. The van der Waals surface area contributed by atoms with E-state index in [4.69, 9.17) is 4.98 Å². The summed E-state index contributed by atoms with van der Waals surface area (Å²) in [6.45, 7) is 12.5. The van der Waals surface area contributed by atoms with Crippen molar-refractivity contribution in [2.75, 3.05) is 39.3 Å². The number of nitrogens with zero attached hydrogens (tertiary/aromatic N) is 4. The maximum Gasteiger partial charge on any atom is 0.223 e. The molecule has 1 aromatic rings. The average Bonchev–Trinajstić information content (AvgIpc) is 3.28. The molecule has 0 aromatic carbocycles. The molecule has 0 spiro atoms. The van der Waals surface area contributed by atoms with Crippen LogP contribution in [0.5, 0.6) is 0 Å². The summed E-state index contributed by atoms with van der Waals surface area (Å²) in [5.41, 5.74) is 1.23. The number of rotatable bonds is 5. The molecule has 7 heteroatoms. The van der Waals surface area contributed by atoms with Crippen molar-refractivity contribution in [3.63, 3.8) is 0 Å². The van der Waals surface area contributed by atoms with Crippen molar-refractivity contribution in [3.05, 3.63) is 16.1 Å². The summed E-state index contributed by atoms with van der Waals surface area (Å²) in [6, 6.07) is 0. The van der Waals surface area contributed by atoms with Crippen molar-refractivity contribution >= 4 is 23.2 Å². The van der Waals surface area contributed by atoms with E-state index in [1.54, 1.807) is 11.3 Å². The van der Waals surface area contributed by atoms with E-state index in [1.807, 2.05) is 9.80 Å². The van der Waals surface area contributed by atoms with Gasteiger partial charge in [-0.1, -0.05) is 20.8 Å². The van der Waals surface area contributed by atoms with Gasteiger partial charge in [-0.15, -0.1) is 11.3 Å². The number of carbonyl (C=O) groups excluding carboxylic acids is 2. The molecule has 28 heavy (non-hydrogen) atoms. The second kappa shape index (κ2) is 9.35. The van der Waals surface area contributed by atoms with Crippen LogP contribution in [0.15, 0.2) is 5.38 Å². The summed E-state index contributed by atoms with van der Waals surface area (Å²) in [4.78, 5) is 35.8. The molecule has 1 aromatic heterocycles. The summed E-state index contributed by atoms with van der Waals surface area (Å²) in [6.07, 6.45) is 3.86. The Labute approximate surface area is 172 Å². The van der Waals surface area contributed by atoms with Gasteiger partial charge >= 0.3 is 0 Å². The molecule has 0 radical (unpaired) electrons. The van der Waals surface area contributed by atoms with Gasteiger partial charge < -0.3 is 9.80 Å². The second-order valence-corrected chi connectivity index (χ2v) is 9.85.